The summed E-state index contributed by atoms with van der Waals surface area (Å²) in [6, 6.07) is 3.68. The number of aryl methyl sites for hydroxylation is 1. The molecule has 4 rings (SSSR count). The molecule has 0 amide bonds. The minimum Gasteiger partial charge on any atom is -0.491 e. The molecule has 3 aromatic rings. The Morgan fingerprint density at radius 1 is 1.21 bits per heavy atom. The van der Waals surface area contributed by atoms with E-state index in [4.69, 9.17) is 4.74 Å². The van der Waals surface area contributed by atoms with Gasteiger partial charge in [0, 0.05) is 24.2 Å². The van der Waals surface area contributed by atoms with E-state index in [1.165, 1.54) is 6.92 Å². The number of carbonyl (C=O) groups is 1. The Hall–Kier alpha value is -3.33. The van der Waals surface area contributed by atoms with Crippen LogP contribution >= 0.6 is 0 Å². The van der Waals surface area contributed by atoms with Gasteiger partial charge in [0.05, 0.1) is 11.8 Å². The lowest BCUT2D eigenvalue weighted by Crippen LogP contribution is -2.30. The first kappa shape index (κ1) is 22.8. The summed E-state index contributed by atoms with van der Waals surface area (Å²) >= 11 is 0. The number of anilines is 2. The summed E-state index contributed by atoms with van der Waals surface area (Å²) in [4.78, 5) is 41.1. The number of fused-ring (bicyclic) bond motifs is 1. The van der Waals surface area contributed by atoms with Crippen LogP contribution in [0.4, 0.5) is 11.8 Å². The van der Waals surface area contributed by atoms with Gasteiger partial charge in [-0.05, 0) is 58.5 Å². The van der Waals surface area contributed by atoms with Crippen LogP contribution in [0, 0.1) is 6.92 Å². The molecule has 0 aromatic carbocycles. The van der Waals surface area contributed by atoms with E-state index < -0.39 is 0 Å². The number of Topliss-reactive ketones (excluding diaryl/α,β-unsaturated/α-hetero) is 1. The molecule has 1 aliphatic rings. The molecule has 0 spiro atoms. The molecule has 3 heterocycles. The van der Waals surface area contributed by atoms with Gasteiger partial charge >= 0.3 is 0 Å². The van der Waals surface area contributed by atoms with Crippen LogP contribution in [0.15, 0.2) is 29.3 Å². The Labute approximate surface area is 192 Å². The molecule has 33 heavy (non-hydrogen) atoms. The third kappa shape index (κ3) is 4.88. The number of nitrogens with one attached hydrogen (secondary N) is 1. The maximum Gasteiger partial charge on any atom is 0.263 e. The van der Waals surface area contributed by atoms with Gasteiger partial charge in [-0.15, -0.1) is 0 Å². The van der Waals surface area contributed by atoms with Crippen LogP contribution in [-0.2, 0) is 0 Å². The van der Waals surface area contributed by atoms with Crippen LogP contribution in [0.25, 0.3) is 11.0 Å². The Morgan fingerprint density at radius 3 is 2.61 bits per heavy atom. The third-order valence-electron chi connectivity index (χ3n) is 6.03. The zero-order valence-electron chi connectivity index (χ0n) is 19.6. The predicted molar refractivity (Wildman–Crippen MR) is 128 cm³/mol. The molecule has 0 radical (unpaired) electrons. The summed E-state index contributed by atoms with van der Waals surface area (Å²) in [5, 5.41) is 3.83. The Kier molecular flexibility index (Phi) is 6.69. The molecule has 174 valence electrons. The lowest BCUT2D eigenvalue weighted by Gasteiger charge is -2.19. The Bertz CT molecular complexity index is 1210. The molecule has 0 saturated heterocycles. The minimum absolute atomic E-state index is 0.0400. The molecule has 0 aliphatic heterocycles. The topological polar surface area (TPSA) is 102 Å². The number of rotatable bonds is 8. The molecule has 1 N–H and O–H groups in total. The van der Waals surface area contributed by atoms with Crippen LogP contribution in [0.3, 0.4) is 0 Å². The summed E-state index contributed by atoms with van der Waals surface area (Å²) in [7, 11) is 3.99. The number of ketones is 1. The molecule has 0 unspecified atom stereocenters. The van der Waals surface area contributed by atoms with Crippen molar-refractivity contribution < 1.29 is 9.53 Å². The number of likely N-dealkylation sites (N-methyl/N-ethyl adjacent to an activating group) is 1. The van der Waals surface area contributed by atoms with E-state index in [1.54, 1.807) is 30.0 Å². The number of carbonyl (C=O) groups excluding carboxylic acids is 1. The van der Waals surface area contributed by atoms with Crippen molar-refractivity contribution in [3.8, 4) is 5.75 Å². The summed E-state index contributed by atoms with van der Waals surface area (Å²) in [6.07, 6.45) is 7.25. The van der Waals surface area contributed by atoms with Gasteiger partial charge in [-0.3, -0.25) is 14.2 Å². The van der Waals surface area contributed by atoms with Crippen molar-refractivity contribution in [1.82, 2.24) is 24.4 Å². The standard InChI is InChI=1S/C24H30N6O3/c1-15-19-14-26-24(27-20-10-9-18(13-25-20)33-12-11-29(3)4)28-22(19)30(17-7-5-6-8-17)23(32)21(15)16(2)31/h9-10,13-14,17H,5-8,11-12H2,1-4H3,(H,25,26,27,28). The van der Waals surface area contributed by atoms with Gasteiger partial charge in [-0.25, -0.2) is 9.97 Å². The number of aromatic nitrogens is 4. The van der Waals surface area contributed by atoms with Crippen LogP contribution in [0.5, 0.6) is 5.75 Å². The molecule has 1 fully saturated rings. The highest BCUT2D eigenvalue weighted by atomic mass is 16.5. The number of nitrogens with zero attached hydrogens (tertiary/aromatic N) is 5. The number of ether oxygens (including phenoxy) is 1. The fraction of sp³-hybridized carbons (Fsp3) is 0.458. The van der Waals surface area contributed by atoms with Gasteiger partial charge in [0.15, 0.2) is 5.78 Å². The van der Waals surface area contributed by atoms with Crippen molar-refractivity contribution in [2.75, 3.05) is 32.6 Å². The van der Waals surface area contributed by atoms with Gasteiger partial charge in [0.25, 0.3) is 5.56 Å². The number of hydrogen-bond donors (Lipinski definition) is 1. The van der Waals surface area contributed by atoms with E-state index in [9.17, 15) is 9.59 Å². The van der Waals surface area contributed by atoms with E-state index in [0.717, 1.165) is 37.6 Å². The maximum absolute atomic E-state index is 13.3. The Balaban J connectivity index is 1.66. The quantitative estimate of drug-likeness (QED) is 0.520. The molecule has 3 aromatic heterocycles. The smallest absolute Gasteiger partial charge is 0.263 e. The van der Waals surface area contributed by atoms with Gasteiger partial charge < -0.3 is 15.0 Å². The van der Waals surface area contributed by atoms with Gasteiger partial charge in [-0.1, -0.05) is 12.8 Å². The SMILES string of the molecule is CC(=O)c1c(C)c2cnc(Nc3ccc(OCCN(C)C)cn3)nc2n(C2CCCC2)c1=O. The lowest BCUT2D eigenvalue weighted by molar-refractivity contribution is 0.101. The monoisotopic (exact) mass is 450 g/mol. The van der Waals surface area contributed by atoms with Gasteiger partial charge in [0.2, 0.25) is 5.95 Å². The zero-order valence-corrected chi connectivity index (χ0v) is 19.6. The fourth-order valence-corrected chi connectivity index (χ4v) is 4.31. The van der Waals surface area contributed by atoms with E-state index in [1.807, 2.05) is 25.1 Å². The van der Waals surface area contributed by atoms with E-state index in [-0.39, 0.29) is 22.9 Å². The minimum atomic E-state index is -0.263. The molecule has 0 bridgehead atoms. The second-order valence-electron chi connectivity index (χ2n) is 8.76. The molecular formula is C24H30N6O3. The predicted octanol–water partition coefficient (Wildman–Crippen LogP) is 3.50. The largest absolute Gasteiger partial charge is 0.491 e. The molecule has 1 saturated carbocycles. The number of pyridine rings is 2. The molecule has 9 nitrogen and oxygen atoms in total. The normalized spacial score (nSPS) is 14.2. The average Bonchev–Trinajstić information content (AvgIpc) is 3.29. The van der Waals surface area contributed by atoms with Crippen molar-refractivity contribution in [1.29, 1.82) is 0 Å². The Morgan fingerprint density at radius 2 is 1.97 bits per heavy atom. The van der Waals surface area contributed by atoms with Crippen molar-refractivity contribution in [2.24, 2.45) is 0 Å². The van der Waals surface area contributed by atoms with Crippen molar-refractivity contribution in [3.05, 3.63) is 46.0 Å². The number of hydrogen-bond acceptors (Lipinski definition) is 8. The summed E-state index contributed by atoms with van der Waals surface area (Å²) in [5.41, 5.74) is 1.14. The van der Waals surface area contributed by atoms with Crippen LogP contribution in [0.1, 0.15) is 54.6 Å². The summed E-state index contributed by atoms with van der Waals surface area (Å²) in [6.45, 7) is 4.62. The van der Waals surface area contributed by atoms with Crippen LogP contribution in [0.2, 0.25) is 0 Å². The fourth-order valence-electron chi connectivity index (χ4n) is 4.31. The van der Waals surface area contributed by atoms with E-state index in [2.05, 4.69) is 20.3 Å². The highest BCUT2D eigenvalue weighted by Crippen LogP contribution is 2.32. The van der Waals surface area contributed by atoms with E-state index >= 15 is 0 Å². The van der Waals surface area contributed by atoms with Gasteiger partial charge in [-0.2, -0.15) is 4.98 Å². The average molecular weight is 451 g/mol. The second kappa shape index (κ2) is 9.66. The lowest BCUT2D eigenvalue weighted by atomic mass is 10.0. The van der Waals surface area contributed by atoms with Crippen molar-refractivity contribution >= 4 is 28.6 Å². The second-order valence-corrected chi connectivity index (χ2v) is 8.76. The first-order chi connectivity index (χ1) is 15.8. The summed E-state index contributed by atoms with van der Waals surface area (Å²) < 4.78 is 7.38. The molecular weight excluding hydrogens is 420 g/mol. The first-order valence-electron chi connectivity index (χ1n) is 11.3. The maximum atomic E-state index is 13.3. The van der Waals surface area contributed by atoms with Crippen molar-refractivity contribution in [3.63, 3.8) is 0 Å². The molecule has 1 aliphatic carbocycles. The van der Waals surface area contributed by atoms with Gasteiger partial charge in [0.1, 0.15) is 23.8 Å². The van der Waals surface area contributed by atoms with E-state index in [0.29, 0.717) is 35.3 Å². The van der Waals surface area contributed by atoms with Crippen molar-refractivity contribution in [2.45, 2.75) is 45.6 Å². The van der Waals surface area contributed by atoms with Crippen LogP contribution < -0.4 is 15.6 Å². The zero-order chi connectivity index (χ0) is 23.5. The summed E-state index contributed by atoms with van der Waals surface area (Å²) in [5.74, 6) is 1.37. The highest BCUT2D eigenvalue weighted by Gasteiger charge is 2.25. The first-order valence-corrected chi connectivity index (χ1v) is 11.3. The highest BCUT2D eigenvalue weighted by molar-refractivity contribution is 5.99. The molecule has 0 atom stereocenters. The molecule has 9 heteroatoms. The third-order valence-corrected chi connectivity index (χ3v) is 6.03. The van der Waals surface area contributed by atoms with Crippen LogP contribution in [-0.4, -0.2) is 57.4 Å².